The number of rotatable bonds is 4. The van der Waals surface area contributed by atoms with Gasteiger partial charge in [-0.15, -0.1) is 0 Å². The van der Waals surface area contributed by atoms with Crippen molar-refractivity contribution in [2.75, 3.05) is 24.5 Å². The summed E-state index contributed by atoms with van der Waals surface area (Å²) in [6.07, 6.45) is 6.33. The second-order valence-electron chi connectivity index (χ2n) is 3.93. The molecule has 0 unspecified atom stereocenters. The fraction of sp³-hybridized carbons (Fsp3) is 0.636. The van der Waals surface area contributed by atoms with E-state index in [-0.39, 0.29) is 0 Å². The van der Waals surface area contributed by atoms with Gasteiger partial charge >= 0.3 is 0 Å². The summed E-state index contributed by atoms with van der Waals surface area (Å²) in [6.45, 7) is 2.92. The summed E-state index contributed by atoms with van der Waals surface area (Å²) in [4.78, 5) is 11.1. The molecule has 0 amide bonds. The van der Waals surface area contributed by atoms with Crippen LogP contribution in [0.15, 0.2) is 12.3 Å². The van der Waals surface area contributed by atoms with Crippen molar-refractivity contribution in [1.29, 1.82) is 0 Å². The standard InChI is InChI=1S/C11H18N4/c12-6-3-4-10-5-7-13-11(14-10)15-8-1-2-9-15/h5,7H,1-4,6,8-9,12H2. The lowest BCUT2D eigenvalue weighted by Gasteiger charge is -2.15. The van der Waals surface area contributed by atoms with E-state index in [1.807, 2.05) is 12.3 Å². The van der Waals surface area contributed by atoms with Crippen molar-refractivity contribution in [2.45, 2.75) is 25.7 Å². The Labute approximate surface area is 90.5 Å². The molecule has 1 aliphatic heterocycles. The predicted octanol–water partition coefficient (Wildman–Crippen LogP) is 0.968. The molecule has 4 nitrogen and oxygen atoms in total. The number of aromatic nitrogens is 2. The van der Waals surface area contributed by atoms with Crippen LogP contribution in [-0.2, 0) is 6.42 Å². The van der Waals surface area contributed by atoms with Crippen LogP contribution in [0.1, 0.15) is 25.0 Å². The summed E-state index contributed by atoms with van der Waals surface area (Å²) in [6, 6.07) is 1.98. The number of nitrogens with zero attached hydrogens (tertiary/aromatic N) is 3. The molecule has 1 aromatic rings. The van der Waals surface area contributed by atoms with Gasteiger partial charge in [0.25, 0.3) is 0 Å². The van der Waals surface area contributed by atoms with Gasteiger partial charge in [0, 0.05) is 25.0 Å². The maximum absolute atomic E-state index is 5.48. The fourth-order valence-electron chi connectivity index (χ4n) is 1.88. The first-order chi connectivity index (χ1) is 7.40. The normalized spacial score (nSPS) is 15.9. The number of nitrogens with two attached hydrogens (primary N) is 1. The van der Waals surface area contributed by atoms with Crippen LogP contribution in [0.25, 0.3) is 0 Å². The number of aryl methyl sites for hydroxylation is 1. The van der Waals surface area contributed by atoms with Crippen LogP contribution in [0.4, 0.5) is 5.95 Å². The van der Waals surface area contributed by atoms with Gasteiger partial charge in [0.15, 0.2) is 0 Å². The minimum Gasteiger partial charge on any atom is -0.341 e. The highest BCUT2D eigenvalue weighted by Gasteiger charge is 2.14. The molecule has 1 aromatic heterocycles. The first kappa shape index (κ1) is 10.4. The summed E-state index contributed by atoms with van der Waals surface area (Å²) in [5.74, 6) is 0.891. The molecule has 0 radical (unpaired) electrons. The van der Waals surface area contributed by atoms with E-state index in [0.29, 0.717) is 0 Å². The Morgan fingerprint density at radius 3 is 2.87 bits per heavy atom. The number of hydrogen-bond donors (Lipinski definition) is 1. The fourth-order valence-corrected chi connectivity index (χ4v) is 1.88. The average molecular weight is 206 g/mol. The Morgan fingerprint density at radius 2 is 2.13 bits per heavy atom. The van der Waals surface area contributed by atoms with Crippen LogP contribution in [0.2, 0.25) is 0 Å². The van der Waals surface area contributed by atoms with Gasteiger partial charge in [-0.3, -0.25) is 0 Å². The summed E-state index contributed by atoms with van der Waals surface area (Å²) < 4.78 is 0. The molecule has 2 N–H and O–H groups in total. The Kier molecular flexibility index (Phi) is 3.50. The Bertz CT molecular complexity index is 307. The molecule has 0 atom stereocenters. The van der Waals surface area contributed by atoms with Crippen molar-refractivity contribution in [3.63, 3.8) is 0 Å². The van der Waals surface area contributed by atoms with Crippen molar-refractivity contribution in [2.24, 2.45) is 5.73 Å². The van der Waals surface area contributed by atoms with Gasteiger partial charge in [0.05, 0.1) is 0 Å². The molecule has 0 spiro atoms. The molecule has 0 saturated carbocycles. The van der Waals surface area contributed by atoms with E-state index in [1.165, 1.54) is 12.8 Å². The molecule has 4 heteroatoms. The van der Waals surface area contributed by atoms with Gasteiger partial charge in [-0.25, -0.2) is 9.97 Å². The lowest BCUT2D eigenvalue weighted by atomic mass is 10.2. The van der Waals surface area contributed by atoms with Gasteiger partial charge in [0.2, 0.25) is 5.95 Å². The van der Waals surface area contributed by atoms with Crippen LogP contribution < -0.4 is 10.6 Å². The SMILES string of the molecule is NCCCc1ccnc(N2CCCC2)n1. The van der Waals surface area contributed by atoms with Crippen LogP contribution in [0.3, 0.4) is 0 Å². The monoisotopic (exact) mass is 206 g/mol. The second kappa shape index (κ2) is 5.07. The lowest BCUT2D eigenvalue weighted by molar-refractivity contribution is 0.794. The molecular weight excluding hydrogens is 188 g/mol. The van der Waals surface area contributed by atoms with Gasteiger partial charge in [0.1, 0.15) is 0 Å². The van der Waals surface area contributed by atoms with Crippen LogP contribution in [-0.4, -0.2) is 29.6 Å². The Hall–Kier alpha value is -1.16. The number of anilines is 1. The van der Waals surface area contributed by atoms with E-state index in [0.717, 1.165) is 44.1 Å². The topological polar surface area (TPSA) is 55.0 Å². The van der Waals surface area contributed by atoms with E-state index >= 15 is 0 Å². The van der Waals surface area contributed by atoms with E-state index < -0.39 is 0 Å². The Balaban J connectivity index is 2.04. The highest BCUT2D eigenvalue weighted by molar-refractivity contribution is 5.31. The van der Waals surface area contributed by atoms with E-state index in [9.17, 15) is 0 Å². The smallest absolute Gasteiger partial charge is 0.225 e. The van der Waals surface area contributed by atoms with Crippen LogP contribution in [0.5, 0.6) is 0 Å². The quantitative estimate of drug-likeness (QED) is 0.797. The predicted molar refractivity (Wildman–Crippen MR) is 60.9 cm³/mol. The summed E-state index contributed by atoms with van der Waals surface area (Å²) in [5.41, 5.74) is 6.59. The molecule has 82 valence electrons. The second-order valence-corrected chi connectivity index (χ2v) is 3.93. The first-order valence-electron chi connectivity index (χ1n) is 5.67. The van der Waals surface area contributed by atoms with Crippen molar-refractivity contribution >= 4 is 5.95 Å². The largest absolute Gasteiger partial charge is 0.341 e. The van der Waals surface area contributed by atoms with Gasteiger partial charge in [-0.2, -0.15) is 0 Å². The first-order valence-corrected chi connectivity index (χ1v) is 5.67. The molecular formula is C11H18N4. The van der Waals surface area contributed by atoms with Gasteiger partial charge < -0.3 is 10.6 Å². The van der Waals surface area contributed by atoms with Gasteiger partial charge in [-0.1, -0.05) is 0 Å². The van der Waals surface area contributed by atoms with E-state index in [1.54, 1.807) is 0 Å². The molecule has 1 saturated heterocycles. The molecule has 0 bridgehead atoms. The molecule has 1 fully saturated rings. The van der Waals surface area contributed by atoms with Crippen LogP contribution in [0, 0.1) is 0 Å². The Morgan fingerprint density at radius 1 is 1.33 bits per heavy atom. The molecule has 2 rings (SSSR count). The molecule has 0 aliphatic carbocycles. The molecule has 1 aliphatic rings. The van der Waals surface area contributed by atoms with Crippen molar-refractivity contribution in [3.8, 4) is 0 Å². The third-order valence-electron chi connectivity index (χ3n) is 2.73. The minimum atomic E-state index is 0.725. The molecule has 0 aromatic carbocycles. The molecule has 15 heavy (non-hydrogen) atoms. The average Bonchev–Trinajstić information content (AvgIpc) is 2.80. The van der Waals surface area contributed by atoms with E-state index in [4.69, 9.17) is 5.73 Å². The van der Waals surface area contributed by atoms with Crippen molar-refractivity contribution < 1.29 is 0 Å². The highest BCUT2D eigenvalue weighted by atomic mass is 15.3. The zero-order valence-electron chi connectivity index (χ0n) is 9.02. The third kappa shape index (κ3) is 2.65. The zero-order chi connectivity index (χ0) is 10.5. The zero-order valence-corrected chi connectivity index (χ0v) is 9.02. The maximum atomic E-state index is 5.48. The maximum Gasteiger partial charge on any atom is 0.225 e. The summed E-state index contributed by atoms with van der Waals surface area (Å²) >= 11 is 0. The van der Waals surface area contributed by atoms with Crippen LogP contribution >= 0.6 is 0 Å². The molecule has 2 heterocycles. The van der Waals surface area contributed by atoms with Crippen molar-refractivity contribution in [1.82, 2.24) is 9.97 Å². The van der Waals surface area contributed by atoms with E-state index in [2.05, 4.69) is 14.9 Å². The van der Waals surface area contributed by atoms with Crippen molar-refractivity contribution in [3.05, 3.63) is 18.0 Å². The summed E-state index contributed by atoms with van der Waals surface area (Å²) in [7, 11) is 0. The minimum absolute atomic E-state index is 0.725. The summed E-state index contributed by atoms with van der Waals surface area (Å²) in [5, 5.41) is 0. The lowest BCUT2D eigenvalue weighted by Crippen LogP contribution is -2.20. The third-order valence-corrected chi connectivity index (χ3v) is 2.73. The highest BCUT2D eigenvalue weighted by Crippen LogP contribution is 2.15. The van der Waals surface area contributed by atoms with Gasteiger partial charge in [-0.05, 0) is 38.3 Å². The number of hydrogen-bond acceptors (Lipinski definition) is 4.